The van der Waals surface area contributed by atoms with E-state index in [4.69, 9.17) is 4.42 Å². The Bertz CT molecular complexity index is 908. The molecule has 5 nitrogen and oxygen atoms in total. The molecule has 2 aromatic carbocycles. The third-order valence-corrected chi connectivity index (χ3v) is 4.54. The molecule has 140 valence electrons. The number of hydrogen-bond acceptors (Lipinski definition) is 4. The molecule has 1 amide bonds. The van der Waals surface area contributed by atoms with Gasteiger partial charge in [-0.05, 0) is 44.2 Å². The van der Waals surface area contributed by atoms with E-state index in [1.807, 2.05) is 62.4 Å². The summed E-state index contributed by atoms with van der Waals surface area (Å²) in [6.45, 7) is 5.76. The van der Waals surface area contributed by atoms with E-state index in [1.165, 1.54) is 0 Å². The average molecular weight is 364 g/mol. The molecule has 0 aliphatic rings. The van der Waals surface area contributed by atoms with Gasteiger partial charge in [0.15, 0.2) is 11.5 Å². The van der Waals surface area contributed by atoms with Crippen LogP contribution in [-0.4, -0.2) is 36.2 Å². The van der Waals surface area contributed by atoms with Gasteiger partial charge in [0.25, 0.3) is 5.91 Å². The Morgan fingerprint density at radius 2 is 1.78 bits per heavy atom. The number of anilines is 1. The summed E-state index contributed by atoms with van der Waals surface area (Å²) in [5.41, 5.74) is 2.19. The number of para-hydroxylation sites is 1. The first kappa shape index (κ1) is 18.7. The first-order chi connectivity index (χ1) is 13.1. The predicted octanol–water partition coefficient (Wildman–Crippen LogP) is 4.60. The van der Waals surface area contributed by atoms with Crippen LogP contribution >= 0.6 is 0 Å². The van der Waals surface area contributed by atoms with Gasteiger partial charge in [-0.15, -0.1) is 0 Å². The van der Waals surface area contributed by atoms with E-state index < -0.39 is 0 Å². The largest absolute Gasteiger partial charge is 0.453 e. The zero-order chi connectivity index (χ0) is 19.2. The Hall–Kier alpha value is -3.08. The Morgan fingerprint density at radius 1 is 1.00 bits per heavy atom. The normalized spacial score (nSPS) is 10.7. The molecular weight excluding hydrogens is 340 g/mol. The van der Waals surface area contributed by atoms with Gasteiger partial charge in [0, 0.05) is 42.7 Å². The number of ketones is 1. The van der Waals surface area contributed by atoms with Gasteiger partial charge in [0.05, 0.1) is 0 Å². The van der Waals surface area contributed by atoms with Gasteiger partial charge in [-0.3, -0.25) is 9.59 Å². The molecule has 1 heterocycles. The summed E-state index contributed by atoms with van der Waals surface area (Å²) in [6.07, 6.45) is 0.314. The Morgan fingerprint density at radius 3 is 2.52 bits per heavy atom. The van der Waals surface area contributed by atoms with Crippen LogP contribution in [0.3, 0.4) is 0 Å². The van der Waals surface area contributed by atoms with Crippen LogP contribution in [0, 0.1) is 0 Å². The Kier molecular flexibility index (Phi) is 5.91. The van der Waals surface area contributed by atoms with Gasteiger partial charge in [-0.1, -0.05) is 24.3 Å². The average Bonchev–Trinajstić information content (AvgIpc) is 3.13. The van der Waals surface area contributed by atoms with Crippen LogP contribution in [0.4, 0.5) is 5.69 Å². The Labute approximate surface area is 159 Å². The molecule has 0 unspecified atom stereocenters. The minimum Gasteiger partial charge on any atom is -0.453 e. The van der Waals surface area contributed by atoms with E-state index in [0.29, 0.717) is 37.4 Å². The molecule has 5 heteroatoms. The molecule has 0 saturated heterocycles. The lowest BCUT2D eigenvalue weighted by Gasteiger charge is -2.19. The number of nitrogens with one attached hydrogen (secondary N) is 1. The molecule has 0 aliphatic carbocycles. The van der Waals surface area contributed by atoms with Crippen molar-refractivity contribution >= 4 is 28.3 Å². The molecule has 1 aromatic heterocycles. The molecule has 0 aliphatic heterocycles. The van der Waals surface area contributed by atoms with E-state index >= 15 is 0 Å². The molecule has 0 spiro atoms. The quantitative estimate of drug-likeness (QED) is 0.593. The van der Waals surface area contributed by atoms with Crippen LogP contribution in [-0.2, 0) is 0 Å². The standard InChI is InChI=1S/C22H24N2O3/c1-3-24(4-2)22(26)17-9-7-10-18(14-17)23-13-12-19(25)21-15-16-8-5-6-11-20(16)27-21/h5-11,14-15,23H,3-4,12-13H2,1-2H3. The lowest BCUT2D eigenvalue weighted by molar-refractivity contribution is 0.0772. The van der Waals surface area contributed by atoms with Crippen molar-refractivity contribution in [3.05, 3.63) is 65.9 Å². The Balaban J connectivity index is 1.59. The molecule has 0 fully saturated rings. The third-order valence-electron chi connectivity index (χ3n) is 4.54. The molecular formula is C22H24N2O3. The van der Waals surface area contributed by atoms with Crippen molar-refractivity contribution in [2.24, 2.45) is 0 Å². The zero-order valence-electron chi connectivity index (χ0n) is 15.7. The fraction of sp³-hybridized carbons (Fsp3) is 0.273. The van der Waals surface area contributed by atoms with E-state index in [1.54, 1.807) is 11.0 Å². The highest BCUT2D eigenvalue weighted by molar-refractivity contribution is 5.98. The molecule has 27 heavy (non-hydrogen) atoms. The number of nitrogens with zero attached hydrogens (tertiary/aromatic N) is 1. The highest BCUT2D eigenvalue weighted by atomic mass is 16.3. The minimum absolute atomic E-state index is 0.0157. The molecule has 0 atom stereocenters. The van der Waals surface area contributed by atoms with Crippen molar-refractivity contribution in [1.82, 2.24) is 4.90 Å². The highest BCUT2D eigenvalue weighted by Gasteiger charge is 2.14. The number of benzene rings is 2. The van der Waals surface area contributed by atoms with E-state index in [-0.39, 0.29) is 11.7 Å². The van der Waals surface area contributed by atoms with Crippen LogP contribution in [0.1, 0.15) is 41.2 Å². The van der Waals surface area contributed by atoms with Crippen LogP contribution in [0.15, 0.2) is 59.0 Å². The number of carbonyl (C=O) groups is 2. The summed E-state index contributed by atoms with van der Waals surface area (Å²) in [5, 5.41) is 4.14. The fourth-order valence-electron chi connectivity index (χ4n) is 3.02. The van der Waals surface area contributed by atoms with E-state index in [9.17, 15) is 9.59 Å². The number of fused-ring (bicyclic) bond motifs is 1. The van der Waals surface area contributed by atoms with Gasteiger partial charge in [0.2, 0.25) is 0 Å². The molecule has 0 bridgehead atoms. The molecule has 3 rings (SSSR count). The second-order valence-electron chi connectivity index (χ2n) is 6.31. The second-order valence-corrected chi connectivity index (χ2v) is 6.31. The summed E-state index contributed by atoms with van der Waals surface area (Å²) < 4.78 is 5.61. The lowest BCUT2D eigenvalue weighted by Crippen LogP contribution is -2.30. The van der Waals surface area contributed by atoms with Crippen molar-refractivity contribution in [2.45, 2.75) is 20.3 Å². The van der Waals surface area contributed by atoms with Crippen molar-refractivity contribution in [1.29, 1.82) is 0 Å². The molecule has 3 aromatic rings. The topological polar surface area (TPSA) is 62.6 Å². The van der Waals surface area contributed by atoms with Crippen molar-refractivity contribution < 1.29 is 14.0 Å². The van der Waals surface area contributed by atoms with Crippen molar-refractivity contribution in [3.8, 4) is 0 Å². The summed E-state index contributed by atoms with van der Waals surface area (Å²) in [5.74, 6) is 0.347. The number of Topliss-reactive ketones (excluding diaryl/α,β-unsaturated/α-hetero) is 1. The summed E-state index contributed by atoms with van der Waals surface area (Å²) in [4.78, 5) is 26.6. The van der Waals surface area contributed by atoms with Crippen LogP contribution < -0.4 is 5.32 Å². The van der Waals surface area contributed by atoms with Gasteiger partial charge in [-0.25, -0.2) is 0 Å². The second kappa shape index (κ2) is 8.54. The SMILES string of the molecule is CCN(CC)C(=O)c1cccc(NCCC(=O)c2cc3ccccc3o2)c1. The van der Waals surface area contributed by atoms with Crippen molar-refractivity contribution in [3.63, 3.8) is 0 Å². The number of hydrogen-bond donors (Lipinski definition) is 1. The van der Waals surface area contributed by atoms with Crippen LogP contribution in [0.2, 0.25) is 0 Å². The summed E-state index contributed by atoms with van der Waals surface area (Å²) in [6, 6.07) is 16.7. The molecule has 0 radical (unpaired) electrons. The summed E-state index contributed by atoms with van der Waals surface area (Å²) >= 11 is 0. The maximum absolute atomic E-state index is 12.4. The number of carbonyl (C=O) groups excluding carboxylic acids is 2. The smallest absolute Gasteiger partial charge is 0.253 e. The first-order valence-corrected chi connectivity index (χ1v) is 9.27. The van der Waals surface area contributed by atoms with Gasteiger partial charge in [0.1, 0.15) is 5.58 Å². The van der Waals surface area contributed by atoms with Crippen molar-refractivity contribution in [2.75, 3.05) is 25.0 Å². The van der Waals surface area contributed by atoms with Gasteiger partial charge in [-0.2, -0.15) is 0 Å². The minimum atomic E-state index is -0.0472. The lowest BCUT2D eigenvalue weighted by atomic mass is 10.1. The van der Waals surface area contributed by atoms with Gasteiger partial charge >= 0.3 is 0 Å². The maximum atomic E-state index is 12.4. The van der Waals surface area contributed by atoms with Gasteiger partial charge < -0.3 is 14.6 Å². The first-order valence-electron chi connectivity index (χ1n) is 9.27. The fourth-order valence-corrected chi connectivity index (χ4v) is 3.02. The number of furan rings is 1. The zero-order valence-corrected chi connectivity index (χ0v) is 15.7. The van der Waals surface area contributed by atoms with Crippen LogP contribution in [0.5, 0.6) is 0 Å². The maximum Gasteiger partial charge on any atom is 0.253 e. The molecule has 1 N–H and O–H groups in total. The predicted molar refractivity (Wildman–Crippen MR) is 107 cm³/mol. The number of amides is 1. The van der Waals surface area contributed by atoms with E-state index in [2.05, 4.69) is 5.32 Å². The number of rotatable bonds is 8. The highest BCUT2D eigenvalue weighted by Crippen LogP contribution is 2.20. The monoisotopic (exact) mass is 364 g/mol. The van der Waals surface area contributed by atoms with Crippen LogP contribution in [0.25, 0.3) is 11.0 Å². The summed E-state index contributed by atoms with van der Waals surface area (Å²) in [7, 11) is 0. The third kappa shape index (κ3) is 4.37. The molecule has 0 saturated carbocycles. The van der Waals surface area contributed by atoms with E-state index in [0.717, 1.165) is 16.7 Å².